The molecule has 1 aliphatic heterocycles. The van der Waals surface area contributed by atoms with E-state index in [0.29, 0.717) is 31.2 Å². The number of nitrogens with zero attached hydrogens (tertiary/aromatic N) is 1. The highest BCUT2D eigenvalue weighted by Crippen LogP contribution is 2.28. The van der Waals surface area contributed by atoms with Gasteiger partial charge in [-0.3, -0.25) is 4.79 Å². The lowest BCUT2D eigenvalue weighted by Gasteiger charge is -2.28. The van der Waals surface area contributed by atoms with E-state index in [4.69, 9.17) is 9.47 Å². The lowest BCUT2D eigenvalue weighted by molar-refractivity contribution is -0.143. The molecule has 132 valence electrons. The lowest BCUT2D eigenvalue weighted by Crippen LogP contribution is -2.46. The number of esters is 1. The third-order valence-electron chi connectivity index (χ3n) is 3.89. The number of halogens is 1. The van der Waals surface area contributed by atoms with E-state index in [2.05, 4.69) is 0 Å². The Bertz CT molecular complexity index is 753. The van der Waals surface area contributed by atoms with E-state index in [9.17, 15) is 14.0 Å². The molecule has 7 heteroatoms. The third kappa shape index (κ3) is 4.24. The normalized spacial score (nSPS) is 15.7. The molecule has 1 fully saturated rings. The molecule has 0 saturated carbocycles. The van der Waals surface area contributed by atoms with Crippen LogP contribution in [0.5, 0.6) is 0 Å². The van der Waals surface area contributed by atoms with Crippen LogP contribution in [0.25, 0.3) is 10.4 Å². The minimum atomic E-state index is -0.845. The number of carbonyl (C=O) groups excluding carboxylic acids is 2. The van der Waals surface area contributed by atoms with Gasteiger partial charge in [-0.05, 0) is 36.8 Å². The van der Waals surface area contributed by atoms with Gasteiger partial charge in [-0.1, -0.05) is 12.1 Å². The maximum absolute atomic E-state index is 13.0. The molecule has 5 nitrogen and oxygen atoms in total. The van der Waals surface area contributed by atoms with E-state index >= 15 is 0 Å². The Kier molecular flexibility index (Phi) is 5.45. The van der Waals surface area contributed by atoms with Crippen molar-refractivity contribution in [2.45, 2.75) is 13.0 Å². The van der Waals surface area contributed by atoms with Crippen molar-refractivity contribution in [1.82, 2.24) is 4.90 Å². The summed E-state index contributed by atoms with van der Waals surface area (Å²) in [6.45, 7) is 3.59. The van der Waals surface area contributed by atoms with Crippen molar-refractivity contribution in [3.05, 3.63) is 47.1 Å². The molecule has 0 radical (unpaired) electrons. The van der Waals surface area contributed by atoms with Gasteiger partial charge in [0.1, 0.15) is 10.7 Å². The number of hydrogen-bond donors (Lipinski definition) is 0. The Morgan fingerprint density at radius 3 is 2.52 bits per heavy atom. The zero-order valence-corrected chi connectivity index (χ0v) is 14.6. The second kappa shape index (κ2) is 7.76. The van der Waals surface area contributed by atoms with Gasteiger partial charge in [0, 0.05) is 18.0 Å². The SMILES string of the molecule is C[C@@H](OC(=O)c1ccc(-c2ccc(F)cc2)s1)C(=O)N1CCOCC1. The van der Waals surface area contributed by atoms with Crippen molar-refractivity contribution < 1.29 is 23.5 Å². The number of morpholine rings is 1. The van der Waals surface area contributed by atoms with Crippen LogP contribution in [0.15, 0.2) is 36.4 Å². The Balaban J connectivity index is 1.63. The maximum Gasteiger partial charge on any atom is 0.349 e. The number of carbonyl (C=O) groups is 2. The zero-order valence-electron chi connectivity index (χ0n) is 13.7. The fraction of sp³-hybridized carbons (Fsp3) is 0.333. The van der Waals surface area contributed by atoms with Gasteiger partial charge in [-0.15, -0.1) is 11.3 Å². The third-order valence-corrected chi connectivity index (χ3v) is 5.00. The van der Waals surface area contributed by atoms with Crippen LogP contribution in [-0.4, -0.2) is 49.2 Å². The molecular formula is C18H18FNO4S. The van der Waals surface area contributed by atoms with Gasteiger partial charge >= 0.3 is 5.97 Å². The van der Waals surface area contributed by atoms with E-state index < -0.39 is 12.1 Å². The molecule has 1 aliphatic rings. The zero-order chi connectivity index (χ0) is 17.8. The van der Waals surface area contributed by atoms with Crippen molar-refractivity contribution in [3.8, 4) is 10.4 Å². The summed E-state index contributed by atoms with van der Waals surface area (Å²) in [5, 5.41) is 0. The second-order valence-corrected chi connectivity index (χ2v) is 6.74. The molecule has 0 unspecified atom stereocenters. The number of ether oxygens (including phenoxy) is 2. The van der Waals surface area contributed by atoms with Crippen LogP contribution < -0.4 is 0 Å². The van der Waals surface area contributed by atoms with Crippen molar-refractivity contribution in [3.63, 3.8) is 0 Å². The van der Waals surface area contributed by atoms with E-state index in [1.807, 2.05) is 0 Å². The van der Waals surface area contributed by atoms with Crippen molar-refractivity contribution in [2.75, 3.05) is 26.3 Å². The smallest absolute Gasteiger partial charge is 0.349 e. The van der Waals surface area contributed by atoms with Gasteiger partial charge in [0.25, 0.3) is 5.91 Å². The highest BCUT2D eigenvalue weighted by Gasteiger charge is 2.26. The van der Waals surface area contributed by atoms with Crippen LogP contribution >= 0.6 is 11.3 Å². The van der Waals surface area contributed by atoms with Crippen LogP contribution in [0, 0.1) is 5.82 Å². The van der Waals surface area contributed by atoms with Crippen molar-refractivity contribution in [1.29, 1.82) is 0 Å². The summed E-state index contributed by atoms with van der Waals surface area (Å²) in [7, 11) is 0. The van der Waals surface area contributed by atoms with Gasteiger partial charge in [-0.25, -0.2) is 9.18 Å². The van der Waals surface area contributed by atoms with Crippen LogP contribution in [0.1, 0.15) is 16.6 Å². The minimum absolute atomic E-state index is 0.216. The fourth-order valence-corrected chi connectivity index (χ4v) is 3.42. The Hall–Kier alpha value is -2.25. The molecule has 0 aliphatic carbocycles. The number of hydrogen-bond acceptors (Lipinski definition) is 5. The molecule has 1 amide bonds. The summed E-state index contributed by atoms with van der Waals surface area (Å²) >= 11 is 1.25. The molecule has 1 saturated heterocycles. The lowest BCUT2D eigenvalue weighted by atomic mass is 10.2. The summed E-state index contributed by atoms with van der Waals surface area (Å²) < 4.78 is 23.5. The first-order valence-electron chi connectivity index (χ1n) is 7.98. The molecule has 25 heavy (non-hydrogen) atoms. The van der Waals surface area contributed by atoms with Crippen LogP contribution in [0.2, 0.25) is 0 Å². The average Bonchev–Trinajstić information content (AvgIpc) is 3.12. The highest BCUT2D eigenvalue weighted by molar-refractivity contribution is 7.17. The Morgan fingerprint density at radius 2 is 1.84 bits per heavy atom. The first-order valence-corrected chi connectivity index (χ1v) is 8.79. The van der Waals surface area contributed by atoms with Gasteiger partial charge in [0.2, 0.25) is 0 Å². The second-order valence-electron chi connectivity index (χ2n) is 5.66. The van der Waals surface area contributed by atoms with Crippen LogP contribution in [0.3, 0.4) is 0 Å². The molecule has 0 spiro atoms. The number of amides is 1. The topological polar surface area (TPSA) is 55.8 Å². The summed E-state index contributed by atoms with van der Waals surface area (Å²) in [4.78, 5) is 27.4. The summed E-state index contributed by atoms with van der Waals surface area (Å²) in [6, 6.07) is 9.48. The van der Waals surface area contributed by atoms with Crippen molar-refractivity contribution in [2.24, 2.45) is 0 Å². The van der Waals surface area contributed by atoms with Gasteiger partial charge in [0.15, 0.2) is 6.10 Å². The predicted molar refractivity (Wildman–Crippen MR) is 92.0 cm³/mol. The van der Waals surface area contributed by atoms with E-state index in [-0.39, 0.29) is 11.7 Å². The molecule has 2 heterocycles. The fourth-order valence-electron chi connectivity index (χ4n) is 2.53. The van der Waals surface area contributed by atoms with Gasteiger partial charge < -0.3 is 14.4 Å². The van der Waals surface area contributed by atoms with E-state index in [0.717, 1.165) is 10.4 Å². The van der Waals surface area contributed by atoms with Gasteiger partial charge in [-0.2, -0.15) is 0 Å². The quantitative estimate of drug-likeness (QED) is 0.784. The molecule has 1 atom stereocenters. The van der Waals surface area contributed by atoms with E-state index in [1.54, 1.807) is 36.1 Å². The summed E-state index contributed by atoms with van der Waals surface area (Å²) in [5.41, 5.74) is 0.822. The monoisotopic (exact) mass is 363 g/mol. The largest absolute Gasteiger partial charge is 0.448 e. The van der Waals surface area contributed by atoms with Crippen LogP contribution in [0.4, 0.5) is 4.39 Å². The number of rotatable bonds is 4. The first-order chi connectivity index (χ1) is 12.0. The maximum atomic E-state index is 13.0. The van der Waals surface area contributed by atoms with Crippen molar-refractivity contribution >= 4 is 23.2 Å². The predicted octanol–water partition coefficient (Wildman–Crippen LogP) is 2.96. The Labute approximate surface area is 149 Å². The van der Waals surface area contributed by atoms with Crippen LogP contribution in [-0.2, 0) is 14.3 Å². The first kappa shape index (κ1) is 17.6. The Morgan fingerprint density at radius 1 is 1.16 bits per heavy atom. The highest BCUT2D eigenvalue weighted by atomic mass is 32.1. The molecule has 0 N–H and O–H groups in total. The number of benzene rings is 1. The molecule has 1 aromatic heterocycles. The number of thiophene rings is 1. The van der Waals surface area contributed by atoms with E-state index in [1.165, 1.54) is 23.5 Å². The molecule has 1 aromatic carbocycles. The molecular weight excluding hydrogens is 345 g/mol. The summed E-state index contributed by atoms with van der Waals surface area (Å²) in [5.74, 6) is -1.06. The molecule has 2 aromatic rings. The standard InChI is InChI=1S/C18H18FNO4S/c1-12(17(21)20-8-10-23-11-9-20)24-18(22)16-7-6-15(25-16)13-2-4-14(19)5-3-13/h2-7,12H,8-11H2,1H3/t12-/m1/s1. The minimum Gasteiger partial charge on any atom is -0.448 e. The molecule has 3 rings (SSSR count). The van der Waals surface area contributed by atoms with Gasteiger partial charge in [0.05, 0.1) is 13.2 Å². The molecule has 0 bridgehead atoms. The summed E-state index contributed by atoms with van der Waals surface area (Å²) in [6.07, 6.45) is -0.845. The average molecular weight is 363 g/mol.